The van der Waals surface area contributed by atoms with Gasteiger partial charge in [0, 0.05) is 4.90 Å². The third kappa shape index (κ3) is 1.60. The molecule has 3 heteroatoms. The molecule has 0 spiro atoms. The molecule has 0 bridgehead atoms. The van der Waals surface area contributed by atoms with Crippen LogP contribution in [0.15, 0.2) is 23.1 Å². The Morgan fingerprint density at radius 2 is 2.29 bits per heavy atom. The third-order valence-electron chi connectivity index (χ3n) is 2.33. The van der Waals surface area contributed by atoms with E-state index >= 15 is 0 Å². The van der Waals surface area contributed by atoms with Crippen molar-refractivity contribution in [1.29, 1.82) is 0 Å². The minimum atomic E-state index is -0.450. The second kappa shape index (κ2) is 3.58. The van der Waals surface area contributed by atoms with E-state index in [-0.39, 0.29) is 5.12 Å². The standard InChI is InChI=1S/C11H10O2S/c1-7-2-3-10-8(4-7)5-9(6-12)11(13)14-10/h2-4,6,9H,5H2,1H3. The van der Waals surface area contributed by atoms with E-state index in [1.165, 1.54) is 17.3 Å². The monoisotopic (exact) mass is 206 g/mol. The van der Waals surface area contributed by atoms with Crippen molar-refractivity contribution in [2.45, 2.75) is 18.2 Å². The van der Waals surface area contributed by atoms with Gasteiger partial charge in [0.25, 0.3) is 0 Å². The van der Waals surface area contributed by atoms with Gasteiger partial charge < -0.3 is 4.79 Å². The summed E-state index contributed by atoms with van der Waals surface area (Å²) in [5, 5.41) is -0.0312. The van der Waals surface area contributed by atoms with Crippen LogP contribution in [0, 0.1) is 12.8 Å². The molecular weight excluding hydrogens is 196 g/mol. The Bertz CT molecular complexity index is 398. The van der Waals surface area contributed by atoms with Crippen LogP contribution < -0.4 is 0 Å². The smallest absolute Gasteiger partial charge is 0.204 e. The van der Waals surface area contributed by atoms with Crippen molar-refractivity contribution >= 4 is 23.2 Å². The van der Waals surface area contributed by atoms with Crippen LogP contribution in [0.25, 0.3) is 0 Å². The van der Waals surface area contributed by atoms with Crippen LogP contribution in [0.2, 0.25) is 0 Å². The van der Waals surface area contributed by atoms with Gasteiger partial charge in [-0.3, -0.25) is 4.79 Å². The Morgan fingerprint density at radius 3 is 3.00 bits per heavy atom. The molecular formula is C11H10O2S. The zero-order valence-corrected chi connectivity index (χ0v) is 8.64. The van der Waals surface area contributed by atoms with Crippen LogP contribution in [0.5, 0.6) is 0 Å². The van der Waals surface area contributed by atoms with Crippen molar-refractivity contribution in [2.24, 2.45) is 5.92 Å². The molecule has 14 heavy (non-hydrogen) atoms. The number of hydrogen-bond acceptors (Lipinski definition) is 3. The molecule has 1 atom stereocenters. The fraction of sp³-hybridized carbons (Fsp3) is 0.273. The molecule has 0 fully saturated rings. The summed E-state index contributed by atoms with van der Waals surface area (Å²) in [6.45, 7) is 2.01. The normalized spacial score (nSPS) is 20.4. The van der Waals surface area contributed by atoms with Crippen molar-refractivity contribution in [2.75, 3.05) is 0 Å². The number of carbonyl (C=O) groups is 2. The van der Waals surface area contributed by atoms with Gasteiger partial charge in [0.05, 0.1) is 5.92 Å². The lowest BCUT2D eigenvalue weighted by atomic mass is 10.00. The zero-order valence-electron chi connectivity index (χ0n) is 7.82. The van der Waals surface area contributed by atoms with Crippen molar-refractivity contribution in [1.82, 2.24) is 0 Å². The van der Waals surface area contributed by atoms with Gasteiger partial charge in [-0.2, -0.15) is 0 Å². The average molecular weight is 206 g/mol. The topological polar surface area (TPSA) is 34.1 Å². The predicted molar refractivity (Wildman–Crippen MR) is 55.3 cm³/mol. The van der Waals surface area contributed by atoms with Gasteiger partial charge >= 0.3 is 0 Å². The van der Waals surface area contributed by atoms with Crippen LogP contribution in [0.3, 0.4) is 0 Å². The molecule has 1 heterocycles. The molecule has 0 aromatic heterocycles. The summed E-state index contributed by atoms with van der Waals surface area (Å²) in [6, 6.07) is 5.99. The van der Waals surface area contributed by atoms with Crippen molar-refractivity contribution in [3.05, 3.63) is 29.3 Å². The molecule has 0 saturated carbocycles. The van der Waals surface area contributed by atoms with Crippen molar-refractivity contribution in [3.63, 3.8) is 0 Å². The summed E-state index contributed by atoms with van der Waals surface area (Å²) < 4.78 is 0. The average Bonchev–Trinajstić information content (AvgIpc) is 2.17. The summed E-state index contributed by atoms with van der Waals surface area (Å²) in [5.74, 6) is -0.450. The summed E-state index contributed by atoms with van der Waals surface area (Å²) in [4.78, 5) is 23.0. The highest BCUT2D eigenvalue weighted by Crippen LogP contribution is 2.33. The zero-order chi connectivity index (χ0) is 10.1. The Hall–Kier alpha value is -1.09. The molecule has 1 unspecified atom stereocenters. The maximum atomic E-state index is 11.4. The van der Waals surface area contributed by atoms with Gasteiger partial charge in [0.15, 0.2) is 0 Å². The minimum Gasteiger partial charge on any atom is -0.303 e. The second-order valence-corrected chi connectivity index (χ2v) is 4.53. The van der Waals surface area contributed by atoms with Crippen LogP contribution in [0.1, 0.15) is 11.1 Å². The largest absolute Gasteiger partial charge is 0.303 e. The number of hydrogen-bond donors (Lipinski definition) is 0. The van der Waals surface area contributed by atoms with E-state index in [0.29, 0.717) is 6.42 Å². The highest BCUT2D eigenvalue weighted by molar-refractivity contribution is 8.13. The van der Waals surface area contributed by atoms with E-state index < -0.39 is 5.92 Å². The lowest BCUT2D eigenvalue weighted by Crippen LogP contribution is -2.20. The summed E-state index contributed by atoms with van der Waals surface area (Å²) in [5.41, 5.74) is 2.29. The third-order valence-corrected chi connectivity index (χ3v) is 3.46. The first kappa shape index (κ1) is 9.46. The van der Waals surface area contributed by atoms with Crippen LogP contribution in [0.4, 0.5) is 0 Å². The first-order chi connectivity index (χ1) is 6.70. The number of fused-ring (bicyclic) bond motifs is 1. The van der Waals surface area contributed by atoms with Gasteiger partial charge in [-0.25, -0.2) is 0 Å². The van der Waals surface area contributed by atoms with Gasteiger partial charge in [0.1, 0.15) is 6.29 Å². The first-order valence-electron chi connectivity index (χ1n) is 4.47. The van der Waals surface area contributed by atoms with E-state index in [2.05, 4.69) is 0 Å². The van der Waals surface area contributed by atoms with E-state index in [9.17, 15) is 9.59 Å². The van der Waals surface area contributed by atoms with E-state index in [0.717, 1.165) is 16.7 Å². The summed E-state index contributed by atoms with van der Waals surface area (Å²) >= 11 is 1.18. The predicted octanol–water partition coefficient (Wildman–Crippen LogP) is 1.98. The van der Waals surface area contributed by atoms with Crippen LogP contribution in [-0.2, 0) is 16.0 Å². The molecule has 0 aliphatic carbocycles. The van der Waals surface area contributed by atoms with Gasteiger partial charge in [-0.05, 0) is 25.0 Å². The van der Waals surface area contributed by atoms with Crippen LogP contribution >= 0.6 is 11.8 Å². The highest BCUT2D eigenvalue weighted by Gasteiger charge is 2.26. The van der Waals surface area contributed by atoms with Crippen LogP contribution in [-0.4, -0.2) is 11.4 Å². The molecule has 2 nitrogen and oxygen atoms in total. The van der Waals surface area contributed by atoms with E-state index in [1.54, 1.807) is 0 Å². The molecule has 2 rings (SSSR count). The summed E-state index contributed by atoms with van der Waals surface area (Å²) in [6.07, 6.45) is 1.31. The maximum absolute atomic E-state index is 11.4. The molecule has 0 radical (unpaired) electrons. The maximum Gasteiger partial charge on any atom is 0.204 e. The molecule has 0 saturated heterocycles. The Kier molecular flexibility index (Phi) is 2.42. The lowest BCUT2D eigenvalue weighted by Gasteiger charge is -2.18. The molecule has 72 valence electrons. The van der Waals surface area contributed by atoms with Crippen molar-refractivity contribution < 1.29 is 9.59 Å². The molecule has 1 aromatic carbocycles. The number of aldehydes is 1. The SMILES string of the molecule is Cc1ccc2c(c1)CC(C=O)C(=O)S2. The second-order valence-electron chi connectivity index (χ2n) is 3.48. The summed E-state index contributed by atoms with van der Waals surface area (Å²) in [7, 11) is 0. The van der Waals surface area contributed by atoms with Gasteiger partial charge in [-0.1, -0.05) is 29.5 Å². The molecule has 0 N–H and O–H groups in total. The number of rotatable bonds is 1. The van der Waals surface area contributed by atoms with E-state index in [1.807, 2.05) is 25.1 Å². The molecule has 1 aromatic rings. The number of benzene rings is 1. The quantitative estimate of drug-likeness (QED) is 0.520. The number of thioether (sulfide) groups is 1. The Morgan fingerprint density at radius 1 is 1.50 bits per heavy atom. The fourth-order valence-electron chi connectivity index (χ4n) is 1.58. The van der Waals surface area contributed by atoms with Gasteiger partial charge in [0.2, 0.25) is 5.12 Å². The van der Waals surface area contributed by atoms with Gasteiger partial charge in [-0.15, -0.1) is 0 Å². The lowest BCUT2D eigenvalue weighted by molar-refractivity contribution is -0.121. The molecule has 1 aliphatic rings. The Labute approximate surface area is 86.7 Å². The molecule has 0 amide bonds. The highest BCUT2D eigenvalue weighted by atomic mass is 32.2. The van der Waals surface area contributed by atoms with E-state index in [4.69, 9.17) is 0 Å². The molecule has 1 aliphatic heterocycles. The fourth-order valence-corrected chi connectivity index (χ4v) is 2.49. The Balaban J connectivity index is 2.40. The number of carbonyl (C=O) groups excluding carboxylic acids is 2. The minimum absolute atomic E-state index is 0.0312. The first-order valence-corrected chi connectivity index (χ1v) is 5.29. The number of aryl methyl sites for hydroxylation is 1. The van der Waals surface area contributed by atoms with Crippen molar-refractivity contribution in [3.8, 4) is 0 Å².